The maximum absolute atomic E-state index is 12.4. The molecule has 1 aliphatic rings. The Bertz CT molecular complexity index is 433. The minimum Gasteiger partial charge on any atom is -0.399 e. The van der Waals surface area contributed by atoms with Crippen molar-refractivity contribution in [1.29, 1.82) is 0 Å². The fraction of sp³-hybridized carbons (Fsp3) is 0.533. The van der Waals surface area contributed by atoms with E-state index in [9.17, 15) is 4.79 Å². The average molecular weight is 325 g/mol. The lowest BCUT2D eigenvalue weighted by atomic mass is 9.92. The van der Waals surface area contributed by atoms with Crippen LogP contribution in [0.5, 0.6) is 0 Å². The Balaban J connectivity index is 2.01. The SMILES string of the molecule is CCCC1CCN(C(=O)c2cc(N)cc(Br)c2)CC1. The maximum atomic E-state index is 12.4. The molecule has 1 fully saturated rings. The number of rotatable bonds is 3. The largest absolute Gasteiger partial charge is 0.399 e. The van der Waals surface area contributed by atoms with E-state index in [2.05, 4.69) is 22.9 Å². The average Bonchev–Trinajstić information content (AvgIpc) is 2.38. The van der Waals surface area contributed by atoms with Crippen LogP contribution >= 0.6 is 15.9 Å². The number of nitrogens with zero attached hydrogens (tertiary/aromatic N) is 1. The normalized spacial score (nSPS) is 16.6. The van der Waals surface area contributed by atoms with Crippen LogP contribution in [0, 0.1) is 5.92 Å². The predicted octanol–water partition coefficient (Wildman–Crippen LogP) is 3.68. The van der Waals surface area contributed by atoms with Crippen molar-refractivity contribution in [1.82, 2.24) is 4.90 Å². The molecule has 0 aliphatic carbocycles. The highest BCUT2D eigenvalue weighted by atomic mass is 79.9. The van der Waals surface area contributed by atoms with E-state index < -0.39 is 0 Å². The van der Waals surface area contributed by atoms with Gasteiger partial charge in [0.2, 0.25) is 0 Å². The molecule has 2 rings (SSSR count). The van der Waals surface area contributed by atoms with E-state index in [1.54, 1.807) is 6.07 Å². The number of benzene rings is 1. The molecule has 1 amide bonds. The molecule has 0 unspecified atom stereocenters. The van der Waals surface area contributed by atoms with Crippen molar-refractivity contribution in [2.24, 2.45) is 5.92 Å². The smallest absolute Gasteiger partial charge is 0.253 e. The van der Waals surface area contributed by atoms with Crippen molar-refractivity contribution in [3.05, 3.63) is 28.2 Å². The van der Waals surface area contributed by atoms with Crippen LogP contribution in [-0.4, -0.2) is 23.9 Å². The quantitative estimate of drug-likeness (QED) is 0.862. The molecule has 1 saturated heterocycles. The Morgan fingerprint density at radius 3 is 2.63 bits per heavy atom. The Morgan fingerprint density at radius 1 is 1.37 bits per heavy atom. The van der Waals surface area contributed by atoms with Gasteiger partial charge in [0.1, 0.15) is 0 Å². The first-order chi connectivity index (χ1) is 9.10. The third kappa shape index (κ3) is 3.72. The summed E-state index contributed by atoms with van der Waals surface area (Å²) in [6.07, 6.45) is 4.78. The van der Waals surface area contributed by atoms with Crippen LogP contribution in [0.1, 0.15) is 43.0 Å². The zero-order valence-corrected chi connectivity index (χ0v) is 12.9. The molecule has 1 aromatic carbocycles. The van der Waals surface area contributed by atoms with E-state index in [4.69, 9.17) is 5.73 Å². The van der Waals surface area contributed by atoms with E-state index in [0.717, 1.165) is 36.3 Å². The van der Waals surface area contributed by atoms with Crippen molar-refractivity contribution < 1.29 is 4.79 Å². The van der Waals surface area contributed by atoms with Crippen LogP contribution in [0.3, 0.4) is 0 Å². The van der Waals surface area contributed by atoms with Gasteiger partial charge in [-0.3, -0.25) is 4.79 Å². The third-order valence-electron chi connectivity index (χ3n) is 3.77. The van der Waals surface area contributed by atoms with Gasteiger partial charge < -0.3 is 10.6 Å². The van der Waals surface area contributed by atoms with Crippen LogP contribution in [0.2, 0.25) is 0 Å². The van der Waals surface area contributed by atoms with Crippen LogP contribution in [0.4, 0.5) is 5.69 Å². The highest BCUT2D eigenvalue weighted by Gasteiger charge is 2.23. The lowest BCUT2D eigenvalue weighted by Crippen LogP contribution is -2.38. The summed E-state index contributed by atoms with van der Waals surface area (Å²) in [5, 5.41) is 0. The lowest BCUT2D eigenvalue weighted by Gasteiger charge is -2.32. The topological polar surface area (TPSA) is 46.3 Å². The van der Waals surface area contributed by atoms with Gasteiger partial charge >= 0.3 is 0 Å². The molecule has 2 N–H and O–H groups in total. The number of nitrogen functional groups attached to an aromatic ring is 1. The number of carbonyl (C=O) groups is 1. The molecule has 0 atom stereocenters. The van der Waals surface area contributed by atoms with Crippen LogP contribution < -0.4 is 5.73 Å². The van der Waals surface area contributed by atoms with Crippen molar-refractivity contribution in [2.75, 3.05) is 18.8 Å². The molecular weight excluding hydrogens is 304 g/mol. The number of carbonyl (C=O) groups excluding carboxylic acids is 1. The van der Waals surface area contributed by atoms with Gasteiger partial charge in [-0.05, 0) is 37.0 Å². The number of amides is 1. The molecule has 0 aromatic heterocycles. The monoisotopic (exact) mass is 324 g/mol. The molecule has 19 heavy (non-hydrogen) atoms. The Kier molecular flexibility index (Phi) is 4.86. The molecule has 0 saturated carbocycles. The fourth-order valence-electron chi connectivity index (χ4n) is 2.75. The second kappa shape index (κ2) is 6.42. The first-order valence-electron chi connectivity index (χ1n) is 6.95. The summed E-state index contributed by atoms with van der Waals surface area (Å²) in [5.41, 5.74) is 7.09. The van der Waals surface area contributed by atoms with E-state index in [-0.39, 0.29) is 5.91 Å². The Morgan fingerprint density at radius 2 is 2.05 bits per heavy atom. The van der Waals surface area contributed by atoms with Crippen LogP contribution in [0.25, 0.3) is 0 Å². The van der Waals surface area contributed by atoms with Gasteiger partial charge in [-0.1, -0.05) is 35.7 Å². The second-order valence-electron chi connectivity index (χ2n) is 5.30. The van der Waals surface area contributed by atoms with Gasteiger partial charge in [-0.2, -0.15) is 0 Å². The van der Waals surface area contributed by atoms with Gasteiger partial charge in [-0.25, -0.2) is 0 Å². The highest BCUT2D eigenvalue weighted by molar-refractivity contribution is 9.10. The number of halogens is 1. The lowest BCUT2D eigenvalue weighted by molar-refractivity contribution is 0.0686. The fourth-order valence-corrected chi connectivity index (χ4v) is 3.26. The molecular formula is C15H21BrN2O. The van der Waals surface area contributed by atoms with Gasteiger partial charge in [0.05, 0.1) is 0 Å². The Labute approximate surface area is 123 Å². The number of piperidine rings is 1. The van der Waals surface area contributed by atoms with Gasteiger partial charge in [0.15, 0.2) is 0 Å². The zero-order chi connectivity index (χ0) is 13.8. The predicted molar refractivity (Wildman–Crippen MR) is 82.1 cm³/mol. The Hall–Kier alpha value is -1.03. The first-order valence-corrected chi connectivity index (χ1v) is 7.74. The summed E-state index contributed by atoms with van der Waals surface area (Å²) < 4.78 is 0.858. The summed E-state index contributed by atoms with van der Waals surface area (Å²) in [7, 11) is 0. The van der Waals surface area contributed by atoms with Gasteiger partial charge in [0.25, 0.3) is 5.91 Å². The van der Waals surface area contributed by atoms with Gasteiger partial charge in [-0.15, -0.1) is 0 Å². The zero-order valence-electron chi connectivity index (χ0n) is 11.4. The molecule has 0 bridgehead atoms. The number of hydrogen-bond acceptors (Lipinski definition) is 2. The van der Waals surface area contributed by atoms with Crippen molar-refractivity contribution in [3.63, 3.8) is 0 Å². The minimum atomic E-state index is 0.1000. The first kappa shape index (κ1) is 14.4. The summed E-state index contributed by atoms with van der Waals surface area (Å²) in [6.45, 7) is 3.97. The minimum absolute atomic E-state index is 0.1000. The number of hydrogen-bond donors (Lipinski definition) is 1. The van der Waals surface area contributed by atoms with Gasteiger partial charge in [0, 0.05) is 28.8 Å². The third-order valence-corrected chi connectivity index (χ3v) is 4.22. The summed E-state index contributed by atoms with van der Waals surface area (Å²) in [6, 6.07) is 5.41. The highest BCUT2D eigenvalue weighted by Crippen LogP contribution is 2.24. The summed E-state index contributed by atoms with van der Waals surface area (Å²) in [5.74, 6) is 0.893. The standard InChI is InChI=1S/C15H21BrN2O/c1-2-3-11-4-6-18(7-5-11)15(19)12-8-13(16)10-14(17)9-12/h8-11H,2-7,17H2,1H3. The second-order valence-corrected chi connectivity index (χ2v) is 6.21. The van der Waals surface area contributed by atoms with Crippen LogP contribution in [0.15, 0.2) is 22.7 Å². The van der Waals surface area contributed by atoms with Crippen LogP contribution in [-0.2, 0) is 0 Å². The number of anilines is 1. The van der Waals surface area contributed by atoms with E-state index in [1.165, 1.54) is 12.8 Å². The maximum Gasteiger partial charge on any atom is 0.253 e. The molecule has 0 spiro atoms. The van der Waals surface area contributed by atoms with E-state index >= 15 is 0 Å². The molecule has 0 radical (unpaired) electrons. The molecule has 1 aliphatic heterocycles. The van der Waals surface area contributed by atoms with Crippen molar-refractivity contribution >= 4 is 27.5 Å². The van der Waals surface area contributed by atoms with E-state index in [0.29, 0.717) is 11.3 Å². The summed E-state index contributed by atoms with van der Waals surface area (Å²) >= 11 is 3.38. The number of nitrogens with two attached hydrogens (primary N) is 1. The van der Waals surface area contributed by atoms with Crippen molar-refractivity contribution in [2.45, 2.75) is 32.6 Å². The molecule has 4 heteroatoms. The molecule has 1 aromatic rings. The molecule has 104 valence electrons. The number of likely N-dealkylation sites (tertiary alicyclic amines) is 1. The van der Waals surface area contributed by atoms with Crippen molar-refractivity contribution in [3.8, 4) is 0 Å². The summed E-state index contributed by atoms with van der Waals surface area (Å²) in [4.78, 5) is 14.4. The van der Waals surface area contributed by atoms with E-state index in [1.807, 2.05) is 17.0 Å². The molecule has 1 heterocycles. The molecule has 3 nitrogen and oxygen atoms in total.